The average Bonchev–Trinajstić information content (AvgIpc) is 2.95. The Labute approximate surface area is 85.6 Å². The molecule has 0 radical (unpaired) electrons. The molecular formula is C11H20N2O. The predicted molar refractivity (Wildman–Crippen MR) is 56.0 cm³/mol. The van der Waals surface area contributed by atoms with E-state index in [0.29, 0.717) is 18.6 Å². The monoisotopic (exact) mass is 196 g/mol. The Morgan fingerprint density at radius 3 is 2.64 bits per heavy atom. The minimum Gasteiger partial charge on any atom is -0.353 e. The van der Waals surface area contributed by atoms with Crippen LogP contribution in [0.3, 0.4) is 0 Å². The van der Waals surface area contributed by atoms with Crippen molar-refractivity contribution >= 4 is 5.91 Å². The van der Waals surface area contributed by atoms with Gasteiger partial charge >= 0.3 is 0 Å². The molecule has 3 nitrogen and oxygen atoms in total. The van der Waals surface area contributed by atoms with Crippen LogP contribution >= 0.6 is 0 Å². The molecule has 1 unspecified atom stereocenters. The Morgan fingerprint density at radius 1 is 1.36 bits per heavy atom. The van der Waals surface area contributed by atoms with Crippen molar-refractivity contribution in [2.45, 2.75) is 51.1 Å². The lowest BCUT2D eigenvalue weighted by Crippen LogP contribution is -2.39. The number of rotatable bonds is 6. The van der Waals surface area contributed by atoms with Crippen molar-refractivity contribution in [3.05, 3.63) is 0 Å². The molecule has 1 amide bonds. The van der Waals surface area contributed by atoms with Gasteiger partial charge in [0.2, 0.25) is 5.91 Å². The van der Waals surface area contributed by atoms with Crippen LogP contribution < -0.4 is 10.6 Å². The first-order chi connectivity index (χ1) is 6.74. The zero-order valence-corrected chi connectivity index (χ0v) is 8.88. The zero-order chi connectivity index (χ0) is 9.97. The molecule has 2 aliphatic rings. The van der Waals surface area contributed by atoms with Crippen molar-refractivity contribution in [1.29, 1.82) is 0 Å². The molecule has 3 heteroatoms. The van der Waals surface area contributed by atoms with E-state index >= 15 is 0 Å². The number of hydrogen-bond acceptors (Lipinski definition) is 2. The second kappa shape index (κ2) is 4.30. The van der Waals surface area contributed by atoms with Crippen LogP contribution in [0.2, 0.25) is 0 Å². The number of amides is 1. The summed E-state index contributed by atoms with van der Waals surface area (Å²) in [6, 6.07) is 0.982. The van der Waals surface area contributed by atoms with Crippen LogP contribution in [0.25, 0.3) is 0 Å². The predicted octanol–water partition coefficient (Wildman–Crippen LogP) is 1.04. The highest BCUT2D eigenvalue weighted by Gasteiger charge is 2.25. The number of hydrogen-bond donors (Lipinski definition) is 2. The summed E-state index contributed by atoms with van der Waals surface area (Å²) in [6.45, 7) is 2.60. The fourth-order valence-corrected chi connectivity index (χ4v) is 1.76. The summed E-state index contributed by atoms with van der Waals surface area (Å²) in [7, 11) is 0. The van der Waals surface area contributed by atoms with Crippen molar-refractivity contribution in [3.63, 3.8) is 0 Å². The van der Waals surface area contributed by atoms with Gasteiger partial charge in [0, 0.05) is 12.1 Å². The van der Waals surface area contributed by atoms with Gasteiger partial charge in [0.05, 0.1) is 6.54 Å². The van der Waals surface area contributed by atoms with Crippen molar-refractivity contribution in [1.82, 2.24) is 10.6 Å². The highest BCUT2D eigenvalue weighted by molar-refractivity contribution is 5.78. The van der Waals surface area contributed by atoms with Crippen LogP contribution in [-0.4, -0.2) is 24.5 Å². The molecule has 0 saturated heterocycles. The molecule has 1 atom stereocenters. The van der Waals surface area contributed by atoms with E-state index in [2.05, 4.69) is 17.6 Å². The average molecular weight is 196 g/mol. The summed E-state index contributed by atoms with van der Waals surface area (Å²) in [4.78, 5) is 11.4. The van der Waals surface area contributed by atoms with E-state index in [4.69, 9.17) is 0 Å². The van der Waals surface area contributed by atoms with Gasteiger partial charge in [-0.1, -0.05) is 12.8 Å². The quantitative estimate of drug-likeness (QED) is 0.666. The smallest absolute Gasteiger partial charge is 0.234 e. The van der Waals surface area contributed by atoms with Gasteiger partial charge in [-0.25, -0.2) is 0 Å². The molecule has 2 N–H and O–H groups in total. The molecule has 14 heavy (non-hydrogen) atoms. The Kier molecular flexibility index (Phi) is 3.06. The van der Waals surface area contributed by atoms with Gasteiger partial charge < -0.3 is 10.6 Å². The van der Waals surface area contributed by atoms with Crippen molar-refractivity contribution in [2.75, 3.05) is 6.54 Å². The van der Waals surface area contributed by atoms with E-state index in [0.717, 1.165) is 12.3 Å². The first-order valence-corrected chi connectivity index (χ1v) is 5.77. The SMILES string of the molecule is CC(CC1CC1)NC(=O)CNC1CC1. The first kappa shape index (κ1) is 9.97. The van der Waals surface area contributed by atoms with Crippen LogP contribution in [0, 0.1) is 5.92 Å². The molecule has 2 fully saturated rings. The minimum absolute atomic E-state index is 0.157. The molecule has 2 aliphatic carbocycles. The van der Waals surface area contributed by atoms with Crippen LogP contribution in [0.4, 0.5) is 0 Å². The van der Waals surface area contributed by atoms with E-state index in [9.17, 15) is 4.79 Å². The standard InChI is InChI=1S/C11H20N2O/c1-8(6-9-2-3-9)13-11(14)7-12-10-4-5-10/h8-10,12H,2-7H2,1H3,(H,13,14). The van der Waals surface area contributed by atoms with E-state index in [1.165, 1.54) is 25.7 Å². The molecule has 0 aliphatic heterocycles. The molecule has 0 spiro atoms. The Hall–Kier alpha value is -0.570. The van der Waals surface area contributed by atoms with Gasteiger partial charge in [0.1, 0.15) is 0 Å². The molecule has 2 rings (SSSR count). The van der Waals surface area contributed by atoms with Gasteiger partial charge in [0.15, 0.2) is 0 Å². The summed E-state index contributed by atoms with van der Waals surface area (Å²) in [5, 5.41) is 6.25. The number of nitrogens with one attached hydrogen (secondary N) is 2. The molecule has 0 aromatic rings. The maximum atomic E-state index is 11.4. The minimum atomic E-state index is 0.157. The molecule has 2 saturated carbocycles. The zero-order valence-electron chi connectivity index (χ0n) is 8.88. The summed E-state index contributed by atoms with van der Waals surface area (Å²) in [6.07, 6.45) is 6.37. The number of carbonyl (C=O) groups excluding carboxylic acids is 1. The number of carbonyl (C=O) groups is 1. The van der Waals surface area contributed by atoms with E-state index < -0.39 is 0 Å². The molecule has 0 bridgehead atoms. The van der Waals surface area contributed by atoms with Gasteiger partial charge in [-0.05, 0) is 32.1 Å². The Morgan fingerprint density at radius 2 is 2.07 bits per heavy atom. The second-order valence-electron chi connectivity index (χ2n) is 4.80. The summed E-state index contributed by atoms with van der Waals surface area (Å²) in [5.41, 5.74) is 0. The third-order valence-electron chi connectivity index (χ3n) is 2.92. The third-order valence-corrected chi connectivity index (χ3v) is 2.92. The first-order valence-electron chi connectivity index (χ1n) is 5.77. The molecule has 0 heterocycles. The Bertz CT molecular complexity index is 209. The maximum Gasteiger partial charge on any atom is 0.234 e. The fourth-order valence-electron chi connectivity index (χ4n) is 1.76. The van der Waals surface area contributed by atoms with Gasteiger partial charge in [-0.15, -0.1) is 0 Å². The highest BCUT2D eigenvalue weighted by atomic mass is 16.1. The van der Waals surface area contributed by atoms with E-state index in [-0.39, 0.29) is 5.91 Å². The van der Waals surface area contributed by atoms with Crippen molar-refractivity contribution in [2.24, 2.45) is 5.92 Å². The van der Waals surface area contributed by atoms with Gasteiger partial charge in [-0.3, -0.25) is 4.79 Å². The lowest BCUT2D eigenvalue weighted by molar-refractivity contribution is -0.120. The second-order valence-corrected chi connectivity index (χ2v) is 4.80. The van der Waals surface area contributed by atoms with Crippen LogP contribution in [0.1, 0.15) is 39.0 Å². The summed E-state index contributed by atoms with van der Waals surface area (Å²) in [5.74, 6) is 1.05. The summed E-state index contributed by atoms with van der Waals surface area (Å²) >= 11 is 0. The molecule has 80 valence electrons. The van der Waals surface area contributed by atoms with Crippen LogP contribution in [0.5, 0.6) is 0 Å². The molecule has 0 aromatic heterocycles. The third kappa shape index (κ3) is 3.66. The lowest BCUT2D eigenvalue weighted by Gasteiger charge is -2.13. The Balaban J connectivity index is 1.54. The van der Waals surface area contributed by atoms with Crippen molar-refractivity contribution in [3.8, 4) is 0 Å². The summed E-state index contributed by atoms with van der Waals surface area (Å²) < 4.78 is 0. The lowest BCUT2D eigenvalue weighted by atomic mass is 10.1. The largest absolute Gasteiger partial charge is 0.353 e. The van der Waals surface area contributed by atoms with Crippen LogP contribution in [-0.2, 0) is 4.79 Å². The van der Waals surface area contributed by atoms with Crippen molar-refractivity contribution < 1.29 is 4.79 Å². The highest BCUT2D eigenvalue weighted by Crippen LogP contribution is 2.33. The van der Waals surface area contributed by atoms with Gasteiger partial charge in [0.25, 0.3) is 0 Å². The van der Waals surface area contributed by atoms with E-state index in [1.54, 1.807) is 0 Å². The topological polar surface area (TPSA) is 41.1 Å². The maximum absolute atomic E-state index is 11.4. The van der Waals surface area contributed by atoms with E-state index in [1.807, 2.05) is 0 Å². The molecule has 0 aromatic carbocycles. The fraction of sp³-hybridized carbons (Fsp3) is 0.909. The van der Waals surface area contributed by atoms with Crippen LogP contribution in [0.15, 0.2) is 0 Å². The molecular weight excluding hydrogens is 176 g/mol. The normalized spacial score (nSPS) is 23.2. The van der Waals surface area contributed by atoms with Gasteiger partial charge in [-0.2, -0.15) is 0 Å².